The van der Waals surface area contributed by atoms with Crippen LogP contribution >= 0.6 is 0 Å². The molecule has 1 aromatic carbocycles. The summed E-state index contributed by atoms with van der Waals surface area (Å²) in [6.07, 6.45) is 0. The van der Waals surface area contributed by atoms with Crippen molar-refractivity contribution in [1.82, 2.24) is 4.57 Å². The molecule has 0 aliphatic heterocycles. The number of rotatable bonds is 5. The Bertz CT molecular complexity index is 749. The fourth-order valence-corrected chi connectivity index (χ4v) is 3.03. The van der Waals surface area contributed by atoms with Crippen LogP contribution in [0.5, 0.6) is 11.5 Å². The summed E-state index contributed by atoms with van der Waals surface area (Å²) in [6.45, 7) is 6.60. The molecule has 122 valence electrons. The summed E-state index contributed by atoms with van der Waals surface area (Å²) in [5, 5.41) is 0. The lowest BCUT2D eigenvalue weighted by atomic mass is 10.0. The van der Waals surface area contributed by atoms with E-state index in [0.717, 1.165) is 5.69 Å². The van der Waals surface area contributed by atoms with Crippen molar-refractivity contribution in [3.05, 3.63) is 40.7 Å². The Kier molecular flexibility index (Phi) is 4.59. The van der Waals surface area contributed by atoms with E-state index in [-0.39, 0.29) is 11.6 Å². The van der Waals surface area contributed by atoms with Gasteiger partial charge in [0.25, 0.3) is 0 Å². The highest BCUT2D eigenvalue weighted by Crippen LogP contribution is 2.34. The van der Waals surface area contributed by atoms with Gasteiger partial charge in [0, 0.05) is 28.6 Å². The highest BCUT2D eigenvalue weighted by molar-refractivity contribution is 6.09. The maximum absolute atomic E-state index is 12.0. The van der Waals surface area contributed by atoms with Crippen LogP contribution in [-0.4, -0.2) is 30.4 Å². The van der Waals surface area contributed by atoms with E-state index in [1.54, 1.807) is 26.4 Å². The molecule has 0 aliphatic carbocycles. The van der Waals surface area contributed by atoms with Gasteiger partial charge in [0.2, 0.25) is 0 Å². The molecule has 1 heterocycles. The predicted molar refractivity (Wildman–Crippen MR) is 88.4 cm³/mol. The first kappa shape index (κ1) is 16.8. The second-order valence-electron chi connectivity index (χ2n) is 5.41. The third-order valence-electron chi connectivity index (χ3n) is 3.98. The first-order valence-electron chi connectivity index (χ1n) is 7.29. The third kappa shape index (κ3) is 2.74. The van der Waals surface area contributed by atoms with Crippen LogP contribution in [0.1, 0.15) is 46.0 Å². The SMILES string of the molecule is COc1ccc(OC)c(-n2c(C)c(C(C)=O)c(C(C)=O)c2C)c1. The van der Waals surface area contributed by atoms with Gasteiger partial charge in [0.1, 0.15) is 11.5 Å². The van der Waals surface area contributed by atoms with E-state index in [4.69, 9.17) is 9.47 Å². The first-order chi connectivity index (χ1) is 10.8. The van der Waals surface area contributed by atoms with Gasteiger partial charge in [-0.2, -0.15) is 0 Å². The van der Waals surface area contributed by atoms with E-state index < -0.39 is 0 Å². The Morgan fingerprint density at radius 3 is 1.83 bits per heavy atom. The minimum Gasteiger partial charge on any atom is -0.497 e. The number of methoxy groups -OCH3 is 2. The smallest absolute Gasteiger partial charge is 0.162 e. The number of ketones is 2. The minimum absolute atomic E-state index is 0.128. The number of Topliss-reactive ketones (excluding diaryl/α,β-unsaturated/α-hetero) is 2. The van der Waals surface area contributed by atoms with Crippen LogP contribution < -0.4 is 9.47 Å². The second-order valence-corrected chi connectivity index (χ2v) is 5.41. The van der Waals surface area contributed by atoms with Gasteiger partial charge in [-0.15, -0.1) is 0 Å². The Morgan fingerprint density at radius 2 is 1.43 bits per heavy atom. The molecule has 0 N–H and O–H groups in total. The monoisotopic (exact) mass is 315 g/mol. The number of benzene rings is 1. The standard InChI is InChI=1S/C18H21NO4/c1-10-17(12(3)20)18(13(4)21)11(2)19(10)15-9-14(22-5)7-8-16(15)23-6/h7-9H,1-6H3. The largest absolute Gasteiger partial charge is 0.497 e. The zero-order chi connectivity index (χ0) is 17.3. The quantitative estimate of drug-likeness (QED) is 0.792. The molecule has 5 nitrogen and oxygen atoms in total. The molecule has 0 aliphatic rings. The van der Waals surface area contributed by atoms with Gasteiger partial charge < -0.3 is 14.0 Å². The lowest BCUT2D eigenvalue weighted by Gasteiger charge is -2.15. The summed E-state index contributed by atoms with van der Waals surface area (Å²) in [6, 6.07) is 5.43. The van der Waals surface area contributed by atoms with Crippen molar-refractivity contribution in [3.8, 4) is 17.2 Å². The zero-order valence-electron chi connectivity index (χ0n) is 14.3. The predicted octanol–water partition coefficient (Wildman–Crippen LogP) is 3.52. The van der Waals surface area contributed by atoms with Gasteiger partial charge >= 0.3 is 0 Å². The van der Waals surface area contributed by atoms with Crippen molar-refractivity contribution in [2.45, 2.75) is 27.7 Å². The molecular formula is C18H21NO4. The van der Waals surface area contributed by atoms with E-state index >= 15 is 0 Å². The summed E-state index contributed by atoms with van der Waals surface area (Å²) < 4.78 is 12.6. The van der Waals surface area contributed by atoms with Crippen molar-refractivity contribution in [1.29, 1.82) is 0 Å². The lowest BCUT2D eigenvalue weighted by molar-refractivity contribution is 0.0981. The van der Waals surface area contributed by atoms with Crippen molar-refractivity contribution in [2.24, 2.45) is 0 Å². The molecule has 0 unspecified atom stereocenters. The third-order valence-corrected chi connectivity index (χ3v) is 3.98. The highest BCUT2D eigenvalue weighted by atomic mass is 16.5. The molecule has 1 aromatic heterocycles. The van der Waals surface area contributed by atoms with Gasteiger partial charge in [0.05, 0.1) is 19.9 Å². The molecule has 0 atom stereocenters. The molecule has 23 heavy (non-hydrogen) atoms. The fourth-order valence-electron chi connectivity index (χ4n) is 3.03. The van der Waals surface area contributed by atoms with Crippen LogP contribution in [0.2, 0.25) is 0 Å². The maximum atomic E-state index is 12.0. The molecular weight excluding hydrogens is 294 g/mol. The summed E-state index contributed by atoms with van der Waals surface area (Å²) in [5.74, 6) is 1.05. The number of hydrogen-bond acceptors (Lipinski definition) is 4. The van der Waals surface area contributed by atoms with E-state index in [2.05, 4.69) is 0 Å². The molecule has 0 fully saturated rings. The van der Waals surface area contributed by atoms with E-state index in [9.17, 15) is 9.59 Å². The van der Waals surface area contributed by atoms with Crippen molar-refractivity contribution < 1.29 is 19.1 Å². The Hall–Kier alpha value is -2.56. The molecule has 0 amide bonds. The average Bonchev–Trinajstić information content (AvgIpc) is 2.77. The van der Waals surface area contributed by atoms with Crippen LogP contribution in [-0.2, 0) is 0 Å². The topological polar surface area (TPSA) is 57.5 Å². The van der Waals surface area contributed by atoms with Gasteiger partial charge in [-0.25, -0.2) is 0 Å². The summed E-state index contributed by atoms with van der Waals surface area (Å²) in [7, 11) is 3.17. The van der Waals surface area contributed by atoms with Crippen molar-refractivity contribution in [2.75, 3.05) is 14.2 Å². The minimum atomic E-state index is -0.128. The van der Waals surface area contributed by atoms with Crippen LogP contribution in [0.25, 0.3) is 5.69 Å². The number of ether oxygens (including phenoxy) is 2. The Morgan fingerprint density at radius 1 is 0.913 bits per heavy atom. The molecule has 2 rings (SSSR count). The Labute approximate surface area is 135 Å². The Balaban J connectivity index is 2.87. The van der Waals surface area contributed by atoms with E-state index in [0.29, 0.717) is 34.0 Å². The summed E-state index contributed by atoms with van der Waals surface area (Å²) in [5.41, 5.74) is 3.08. The van der Waals surface area contributed by atoms with Crippen molar-refractivity contribution >= 4 is 11.6 Å². The van der Waals surface area contributed by atoms with Crippen LogP contribution in [0, 0.1) is 13.8 Å². The molecule has 0 bridgehead atoms. The number of carbonyl (C=O) groups excluding carboxylic acids is 2. The molecule has 0 saturated carbocycles. The molecule has 0 spiro atoms. The van der Waals surface area contributed by atoms with Gasteiger partial charge in [-0.1, -0.05) is 0 Å². The van der Waals surface area contributed by atoms with Crippen LogP contribution in [0.3, 0.4) is 0 Å². The van der Waals surface area contributed by atoms with E-state index in [1.165, 1.54) is 13.8 Å². The summed E-state index contributed by atoms with van der Waals surface area (Å²) in [4.78, 5) is 24.1. The molecule has 0 saturated heterocycles. The number of carbonyl (C=O) groups is 2. The number of hydrogen-bond donors (Lipinski definition) is 0. The fraction of sp³-hybridized carbons (Fsp3) is 0.333. The zero-order valence-corrected chi connectivity index (χ0v) is 14.3. The van der Waals surface area contributed by atoms with Gasteiger partial charge in [-0.05, 0) is 39.8 Å². The number of nitrogens with zero attached hydrogens (tertiary/aromatic N) is 1. The second kappa shape index (κ2) is 6.28. The highest BCUT2D eigenvalue weighted by Gasteiger charge is 2.25. The molecule has 5 heteroatoms. The van der Waals surface area contributed by atoms with Gasteiger partial charge in [-0.3, -0.25) is 9.59 Å². The van der Waals surface area contributed by atoms with Crippen LogP contribution in [0.15, 0.2) is 18.2 Å². The lowest BCUT2D eigenvalue weighted by Crippen LogP contribution is -2.04. The average molecular weight is 315 g/mol. The van der Waals surface area contributed by atoms with Crippen LogP contribution in [0.4, 0.5) is 0 Å². The van der Waals surface area contributed by atoms with Crippen molar-refractivity contribution in [3.63, 3.8) is 0 Å². The summed E-state index contributed by atoms with van der Waals surface area (Å²) >= 11 is 0. The normalized spacial score (nSPS) is 10.5. The van der Waals surface area contributed by atoms with Gasteiger partial charge in [0.15, 0.2) is 11.6 Å². The van der Waals surface area contributed by atoms with E-state index in [1.807, 2.05) is 24.5 Å². The molecule has 2 aromatic rings. The molecule has 0 radical (unpaired) electrons. The first-order valence-corrected chi connectivity index (χ1v) is 7.29. The number of aromatic nitrogens is 1. The maximum Gasteiger partial charge on any atom is 0.162 e.